The highest BCUT2D eigenvalue weighted by molar-refractivity contribution is 5.87. The molecule has 3 heteroatoms. The molecule has 10 aromatic carbocycles. The van der Waals surface area contributed by atoms with E-state index in [0.717, 1.165) is 76.1 Å². The monoisotopic (exact) mass is 948 g/mol. The van der Waals surface area contributed by atoms with Crippen LogP contribution in [0.1, 0.15) is 60.1 Å². The van der Waals surface area contributed by atoms with E-state index in [2.05, 4.69) is 293 Å². The lowest BCUT2D eigenvalue weighted by atomic mass is 9.92. The van der Waals surface area contributed by atoms with E-state index in [1.54, 1.807) is 0 Å². The van der Waals surface area contributed by atoms with Crippen LogP contribution in [-0.4, -0.2) is 0 Å². The SMILES string of the molecule is CCCc1ccccc1N(c1ccc(-c2cc(-c3ccc(N(c4ccccc4C)c4ccccc4C)cc3)cc(-c3ccc(N(c4ccccc4C)c4ccccc4CCC)cc3)c2)cc1)c1ccccc1C. The Morgan fingerprint density at radius 2 is 0.479 bits per heavy atom. The third-order valence-corrected chi connectivity index (χ3v) is 14.2. The molecule has 0 atom stereocenters. The van der Waals surface area contributed by atoms with Gasteiger partial charge in [-0.15, -0.1) is 0 Å². The molecule has 73 heavy (non-hydrogen) atoms. The molecule has 0 saturated carbocycles. The summed E-state index contributed by atoms with van der Waals surface area (Å²) >= 11 is 0. The van der Waals surface area contributed by atoms with E-state index >= 15 is 0 Å². The van der Waals surface area contributed by atoms with E-state index < -0.39 is 0 Å². The molecule has 0 N–H and O–H groups in total. The fourth-order valence-electron chi connectivity index (χ4n) is 10.4. The zero-order valence-corrected chi connectivity index (χ0v) is 43.2. The van der Waals surface area contributed by atoms with Crippen LogP contribution in [0.3, 0.4) is 0 Å². The van der Waals surface area contributed by atoms with Crippen molar-refractivity contribution in [3.05, 3.63) is 270 Å². The van der Waals surface area contributed by atoms with Crippen LogP contribution in [0.4, 0.5) is 51.2 Å². The van der Waals surface area contributed by atoms with Gasteiger partial charge in [0.1, 0.15) is 0 Å². The predicted molar refractivity (Wildman–Crippen MR) is 314 cm³/mol. The van der Waals surface area contributed by atoms with Crippen molar-refractivity contribution in [2.24, 2.45) is 0 Å². The maximum Gasteiger partial charge on any atom is 0.0493 e. The van der Waals surface area contributed by atoms with Crippen molar-refractivity contribution in [1.29, 1.82) is 0 Å². The summed E-state index contributed by atoms with van der Waals surface area (Å²) < 4.78 is 0. The Hall–Kier alpha value is -8.40. The van der Waals surface area contributed by atoms with E-state index in [-0.39, 0.29) is 0 Å². The molecular weight excluding hydrogens is 883 g/mol. The molecule has 10 rings (SSSR count). The van der Waals surface area contributed by atoms with E-state index in [4.69, 9.17) is 0 Å². The Morgan fingerprint density at radius 3 is 0.740 bits per heavy atom. The lowest BCUT2D eigenvalue weighted by molar-refractivity contribution is 0.919. The van der Waals surface area contributed by atoms with Crippen molar-refractivity contribution >= 4 is 51.2 Å². The molecule has 0 aromatic heterocycles. The third-order valence-electron chi connectivity index (χ3n) is 14.2. The van der Waals surface area contributed by atoms with Crippen LogP contribution in [-0.2, 0) is 12.8 Å². The third kappa shape index (κ3) is 10.2. The Bertz CT molecular complexity index is 3270. The van der Waals surface area contributed by atoms with E-state index in [9.17, 15) is 0 Å². The lowest BCUT2D eigenvalue weighted by Crippen LogP contribution is -2.13. The second kappa shape index (κ2) is 21.9. The van der Waals surface area contributed by atoms with Crippen molar-refractivity contribution in [2.75, 3.05) is 14.7 Å². The zero-order chi connectivity index (χ0) is 50.3. The van der Waals surface area contributed by atoms with E-state index in [1.165, 1.54) is 67.5 Å². The Balaban J connectivity index is 1.09. The second-order valence-electron chi connectivity index (χ2n) is 19.3. The van der Waals surface area contributed by atoms with Gasteiger partial charge >= 0.3 is 0 Å². The van der Waals surface area contributed by atoms with Gasteiger partial charge in [-0.2, -0.15) is 0 Å². The molecule has 0 heterocycles. The summed E-state index contributed by atoms with van der Waals surface area (Å²) in [5, 5.41) is 0. The summed E-state index contributed by atoms with van der Waals surface area (Å²) in [6.07, 6.45) is 4.19. The van der Waals surface area contributed by atoms with Gasteiger partial charge in [0.05, 0.1) is 0 Å². The highest BCUT2D eigenvalue weighted by atomic mass is 15.2. The summed E-state index contributed by atoms with van der Waals surface area (Å²) in [5.74, 6) is 0. The molecule has 10 aromatic rings. The fourth-order valence-corrected chi connectivity index (χ4v) is 10.4. The Labute approximate surface area is 434 Å². The van der Waals surface area contributed by atoms with Gasteiger partial charge in [0.2, 0.25) is 0 Å². The van der Waals surface area contributed by atoms with E-state index in [0.29, 0.717) is 0 Å². The standard InChI is InChI=1S/C70H65N3/c1-7-21-57-27-13-19-33-69(57)72(67-31-17-11-25-52(67)5)63-43-37-55(38-44-63)60-47-59(54-35-41-62(42-36-54)71(65-29-15-9-23-50(65)3)66-30-16-10-24-51(66)4)48-61(49-60)56-39-45-64(46-40-56)73(68-32-18-12-26-53(68)6)70-34-20-14-28-58(70)22-8-2/h9-20,23-49H,7-8,21-22H2,1-6H3. The lowest BCUT2D eigenvalue weighted by Gasteiger charge is -2.29. The summed E-state index contributed by atoms with van der Waals surface area (Å²) in [7, 11) is 0. The average Bonchev–Trinajstić information content (AvgIpc) is 3.42. The molecule has 0 aliphatic heterocycles. The largest absolute Gasteiger partial charge is 0.310 e. The van der Waals surface area contributed by atoms with Crippen LogP contribution in [0, 0.1) is 27.7 Å². The van der Waals surface area contributed by atoms with Crippen molar-refractivity contribution in [2.45, 2.75) is 67.2 Å². The fraction of sp³-hybridized carbons (Fsp3) is 0.143. The molecular formula is C70H65N3. The van der Waals surface area contributed by atoms with Gasteiger partial charge in [0.25, 0.3) is 0 Å². The number of aryl methyl sites for hydroxylation is 6. The minimum atomic E-state index is 1.01. The minimum absolute atomic E-state index is 1.01. The number of nitrogens with zero attached hydrogens (tertiary/aromatic N) is 3. The minimum Gasteiger partial charge on any atom is -0.310 e. The summed E-state index contributed by atoms with van der Waals surface area (Å²) in [4.78, 5) is 7.27. The van der Waals surface area contributed by atoms with Gasteiger partial charge < -0.3 is 14.7 Å². The van der Waals surface area contributed by atoms with Crippen LogP contribution in [0.2, 0.25) is 0 Å². The van der Waals surface area contributed by atoms with Crippen LogP contribution in [0.5, 0.6) is 0 Å². The maximum absolute atomic E-state index is 2.44. The number of para-hydroxylation sites is 6. The molecule has 0 bridgehead atoms. The number of hydrogen-bond acceptors (Lipinski definition) is 3. The first-order valence-electron chi connectivity index (χ1n) is 26.0. The summed E-state index contributed by atoms with van der Waals surface area (Å²) in [6, 6.07) is 87.1. The molecule has 0 aliphatic carbocycles. The quantitative estimate of drug-likeness (QED) is 0.0956. The van der Waals surface area contributed by atoms with Gasteiger partial charge in [0, 0.05) is 51.2 Å². The van der Waals surface area contributed by atoms with Crippen molar-refractivity contribution in [1.82, 2.24) is 0 Å². The maximum atomic E-state index is 2.44. The molecule has 0 spiro atoms. The molecule has 0 amide bonds. The molecule has 0 aliphatic rings. The van der Waals surface area contributed by atoms with Crippen LogP contribution in [0.25, 0.3) is 33.4 Å². The smallest absolute Gasteiger partial charge is 0.0493 e. The molecule has 0 saturated heterocycles. The molecule has 0 unspecified atom stereocenters. The Kier molecular flexibility index (Phi) is 14.5. The molecule has 3 nitrogen and oxygen atoms in total. The molecule has 0 fully saturated rings. The van der Waals surface area contributed by atoms with Gasteiger partial charge in [-0.25, -0.2) is 0 Å². The highest BCUT2D eigenvalue weighted by Gasteiger charge is 2.21. The van der Waals surface area contributed by atoms with Gasteiger partial charge in [-0.05, 0) is 198 Å². The molecule has 0 radical (unpaired) electrons. The molecule has 360 valence electrons. The number of benzene rings is 10. The average molecular weight is 948 g/mol. The van der Waals surface area contributed by atoms with Crippen LogP contribution < -0.4 is 14.7 Å². The highest BCUT2D eigenvalue weighted by Crippen LogP contribution is 2.44. The number of anilines is 9. The predicted octanol–water partition coefficient (Wildman–Crippen LogP) is 20.2. The zero-order valence-electron chi connectivity index (χ0n) is 43.2. The van der Waals surface area contributed by atoms with Gasteiger partial charge in [0.15, 0.2) is 0 Å². The van der Waals surface area contributed by atoms with Crippen molar-refractivity contribution in [3.63, 3.8) is 0 Å². The van der Waals surface area contributed by atoms with E-state index in [1.807, 2.05) is 0 Å². The normalized spacial score (nSPS) is 11.1. The first-order chi connectivity index (χ1) is 35.8. The number of hydrogen-bond donors (Lipinski definition) is 0. The first-order valence-corrected chi connectivity index (χ1v) is 26.0. The van der Waals surface area contributed by atoms with Crippen molar-refractivity contribution in [3.8, 4) is 33.4 Å². The van der Waals surface area contributed by atoms with Crippen LogP contribution in [0.15, 0.2) is 237 Å². The topological polar surface area (TPSA) is 9.72 Å². The summed E-state index contributed by atoms with van der Waals surface area (Å²) in [5.41, 5.74) is 25.1. The van der Waals surface area contributed by atoms with Gasteiger partial charge in [-0.3, -0.25) is 0 Å². The Morgan fingerprint density at radius 1 is 0.247 bits per heavy atom. The van der Waals surface area contributed by atoms with Gasteiger partial charge in [-0.1, -0.05) is 172 Å². The second-order valence-corrected chi connectivity index (χ2v) is 19.3. The van der Waals surface area contributed by atoms with Crippen LogP contribution >= 0.6 is 0 Å². The number of rotatable bonds is 16. The summed E-state index contributed by atoms with van der Waals surface area (Å²) in [6.45, 7) is 13.3. The first kappa shape index (κ1) is 48.2. The van der Waals surface area contributed by atoms with Crippen molar-refractivity contribution < 1.29 is 0 Å².